The molecule has 1 saturated carbocycles. The molecule has 1 aromatic carbocycles. The Labute approximate surface area is 115 Å². The highest BCUT2D eigenvalue weighted by molar-refractivity contribution is 9.09. The first kappa shape index (κ1) is 12.7. The minimum Gasteiger partial charge on any atom is -0.0843 e. The molecule has 1 fully saturated rings. The van der Waals surface area contributed by atoms with Crippen LogP contribution in [0, 0.1) is 5.92 Å². The van der Waals surface area contributed by atoms with Gasteiger partial charge in [0.15, 0.2) is 0 Å². The Morgan fingerprint density at radius 2 is 1.81 bits per heavy atom. The molecule has 1 aliphatic carbocycles. The Morgan fingerprint density at radius 1 is 1.12 bits per heavy atom. The molecule has 1 unspecified atom stereocenters. The quantitative estimate of drug-likeness (QED) is 0.585. The predicted molar refractivity (Wildman–Crippen MR) is 74.7 cm³/mol. The van der Waals surface area contributed by atoms with Crippen LogP contribution in [0.4, 0.5) is 0 Å². The third-order valence-corrected chi connectivity index (χ3v) is 5.14. The average molecular weight is 322 g/mol. The van der Waals surface area contributed by atoms with Gasteiger partial charge in [0.1, 0.15) is 0 Å². The largest absolute Gasteiger partial charge is 0.0843 e. The Balaban J connectivity index is 2.18. The highest BCUT2D eigenvalue weighted by Gasteiger charge is 2.24. The zero-order chi connectivity index (χ0) is 11.5. The molecule has 0 bridgehead atoms. The van der Waals surface area contributed by atoms with Gasteiger partial charge in [-0.1, -0.05) is 58.4 Å². The van der Waals surface area contributed by atoms with Crippen LogP contribution in [0.15, 0.2) is 18.2 Å². The van der Waals surface area contributed by atoms with Crippen LogP contribution < -0.4 is 0 Å². The van der Waals surface area contributed by atoms with E-state index in [1.807, 2.05) is 18.2 Å². The monoisotopic (exact) mass is 320 g/mol. The molecule has 0 N–H and O–H groups in total. The summed E-state index contributed by atoms with van der Waals surface area (Å²) in [6.45, 7) is 0. The van der Waals surface area contributed by atoms with Crippen LogP contribution in [0.25, 0.3) is 0 Å². The number of alkyl halides is 1. The lowest BCUT2D eigenvalue weighted by Gasteiger charge is -2.27. The second kappa shape index (κ2) is 5.75. The first-order valence-electron chi connectivity index (χ1n) is 5.77. The lowest BCUT2D eigenvalue weighted by Crippen LogP contribution is -2.12. The minimum absolute atomic E-state index is 0.346. The zero-order valence-corrected chi connectivity index (χ0v) is 12.2. The van der Waals surface area contributed by atoms with Crippen LogP contribution in [0.2, 0.25) is 10.0 Å². The summed E-state index contributed by atoms with van der Waals surface area (Å²) in [5, 5.41) is 1.58. The maximum Gasteiger partial charge on any atom is 0.0450 e. The maximum absolute atomic E-state index is 6.22. The fourth-order valence-electron chi connectivity index (χ4n) is 2.41. The first-order valence-corrected chi connectivity index (χ1v) is 7.44. The second-order valence-electron chi connectivity index (χ2n) is 4.47. The molecule has 1 atom stereocenters. The van der Waals surface area contributed by atoms with Gasteiger partial charge in [0.2, 0.25) is 0 Å². The van der Waals surface area contributed by atoms with E-state index in [0.717, 1.165) is 15.6 Å². The minimum atomic E-state index is 0.346. The molecule has 1 aliphatic rings. The number of halogens is 3. The first-order chi connectivity index (χ1) is 7.68. The van der Waals surface area contributed by atoms with Crippen LogP contribution in [0.5, 0.6) is 0 Å². The summed E-state index contributed by atoms with van der Waals surface area (Å²) in [5.41, 5.74) is 1.14. The van der Waals surface area contributed by atoms with Crippen LogP contribution in [0.1, 0.15) is 42.5 Å². The van der Waals surface area contributed by atoms with E-state index in [2.05, 4.69) is 15.9 Å². The topological polar surface area (TPSA) is 0 Å². The Kier molecular flexibility index (Phi) is 4.57. The molecule has 0 spiro atoms. The summed E-state index contributed by atoms with van der Waals surface area (Å²) < 4.78 is 0. The fraction of sp³-hybridized carbons (Fsp3) is 0.538. The molecular formula is C13H15BrCl2. The summed E-state index contributed by atoms with van der Waals surface area (Å²) in [4.78, 5) is 0.346. The standard InChI is InChI=1S/C13H15BrCl2/c14-13(9-4-2-1-3-5-9)11-8-10(15)6-7-12(11)16/h6-9,13H,1-5H2. The van der Waals surface area contributed by atoms with E-state index in [1.165, 1.54) is 32.1 Å². The number of benzene rings is 1. The van der Waals surface area contributed by atoms with Gasteiger partial charge in [-0.25, -0.2) is 0 Å². The third-order valence-electron chi connectivity index (χ3n) is 3.32. The van der Waals surface area contributed by atoms with Gasteiger partial charge in [-0.2, -0.15) is 0 Å². The molecule has 0 aromatic heterocycles. The highest BCUT2D eigenvalue weighted by atomic mass is 79.9. The van der Waals surface area contributed by atoms with Gasteiger partial charge >= 0.3 is 0 Å². The maximum atomic E-state index is 6.22. The van der Waals surface area contributed by atoms with Gasteiger partial charge in [0, 0.05) is 14.9 Å². The molecule has 0 heterocycles. The van der Waals surface area contributed by atoms with Gasteiger partial charge in [0.25, 0.3) is 0 Å². The zero-order valence-electron chi connectivity index (χ0n) is 9.06. The van der Waals surface area contributed by atoms with E-state index in [-0.39, 0.29) is 0 Å². The van der Waals surface area contributed by atoms with Crippen molar-refractivity contribution in [3.63, 3.8) is 0 Å². The third kappa shape index (κ3) is 2.94. The van der Waals surface area contributed by atoms with Crippen LogP contribution in [0.3, 0.4) is 0 Å². The lowest BCUT2D eigenvalue weighted by atomic mass is 9.85. The van der Waals surface area contributed by atoms with E-state index < -0.39 is 0 Å². The lowest BCUT2D eigenvalue weighted by molar-refractivity contribution is 0.354. The molecule has 0 nitrogen and oxygen atoms in total. The van der Waals surface area contributed by atoms with Crippen molar-refractivity contribution in [3.05, 3.63) is 33.8 Å². The van der Waals surface area contributed by atoms with Crippen LogP contribution >= 0.6 is 39.1 Å². The van der Waals surface area contributed by atoms with Crippen molar-refractivity contribution in [3.8, 4) is 0 Å². The van der Waals surface area contributed by atoms with Gasteiger partial charge in [-0.3, -0.25) is 0 Å². The van der Waals surface area contributed by atoms with Gasteiger partial charge in [-0.05, 0) is 42.5 Å². The smallest absolute Gasteiger partial charge is 0.0450 e. The van der Waals surface area contributed by atoms with Crippen molar-refractivity contribution in [2.45, 2.75) is 36.9 Å². The highest BCUT2D eigenvalue weighted by Crippen LogP contribution is 2.42. The molecule has 0 saturated heterocycles. The molecule has 3 heteroatoms. The van der Waals surface area contributed by atoms with Crippen molar-refractivity contribution < 1.29 is 0 Å². The normalized spacial score (nSPS) is 19.7. The van der Waals surface area contributed by atoms with E-state index in [1.54, 1.807) is 0 Å². The van der Waals surface area contributed by atoms with Crippen LogP contribution in [-0.4, -0.2) is 0 Å². The summed E-state index contributed by atoms with van der Waals surface area (Å²) >= 11 is 16.0. The van der Waals surface area contributed by atoms with E-state index in [9.17, 15) is 0 Å². The SMILES string of the molecule is Clc1ccc(Cl)c(C(Br)C2CCCCC2)c1. The van der Waals surface area contributed by atoms with Crippen molar-refractivity contribution in [1.82, 2.24) is 0 Å². The number of rotatable bonds is 2. The Morgan fingerprint density at radius 3 is 2.50 bits per heavy atom. The fourth-order valence-corrected chi connectivity index (χ4v) is 3.86. The van der Waals surface area contributed by atoms with Gasteiger partial charge in [0.05, 0.1) is 0 Å². The summed E-state index contributed by atoms with van der Waals surface area (Å²) in [7, 11) is 0. The Hall–Kier alpha value is 0.280. The van der Waals surface area contributed by atoms with Gasteiger partial charge < -0.3 is 0 Å². The second-order valence-corrected chi connectivity index (χ2v) is 6.30. The molecule has 0 amide bonds. The van der Waals surface area contributed by atoms with Crippen molar-refractivity contribution in [2.24, 2.45) is 5.92 Å². The molecule has 0 radical (unpaired) electrons. The summed E-state index contributed by atoms with van der Waals surface area (Å²) in [5.74, 6) is 0.699. The number of hydrogen-bond acceptors (Lipinski definition) is 0. The van der Waals surface area contributed by atoms with Crippen molar-refractivity contribution >= 4 is 39.1 Å². The molecule has 1 aromatic rings. The number of hydrogen-bond donors (Lipinski definition) is 0. The molecule has 16 heavy (non-hydrogen) atoms. The van der Waals surface area contributed by atoms with Crippen LogP contribution in [-0.2, 0) is 0 Å². The predicted octanol–water partition coefficient (Wildman–Crippen LogP) is 6.01. The summed E-state index contributed by atoms with van der Waals surface area (Å²) in [6.07, 6.45) is 6.63. The molecule has 88 valence electrons. The summed E-state index contributed by atoms with van der Waals surface area (Å²) in [6, 6.07) is 5.71. The average Bonchev–Trinajstić information content (AvgIpc) is 2.32. The van der Waals surface area contributed by atoms with E-state index >= 15 is 0 Å². The van der Waals surface area contributed by atoms with Gasteiger partial charge in [-0.15, -0.1) is 0 Å². The van der Waals surface area contributed by atoms with Crippen molar-refractivity contribution in [1.29, 1.82) is 0 Å². The van der Waals surface area contributed by atoms with Crippen molar-refractivity contribution in [2.75, 3.05) is 0 Å². The Bertz CT molecular complexity index is 359. The van der Waals surface area contributed by atoms with E-state index in [4.69, 9.17) is 23.2 Å². The molecule has 0 aliphatic heterocycles. The van der Waals surface area contributed by atoms with E-state index in [0.29, 0.717) is 10.7 Å². The molecular weight excluding hydrogens is 307 g/mol. The molecule has 2 rings (SSSR count).